The van der Waals surface area contributed by atoms with Crippen LogP contribution in [0.25, 0.3) is 0 Å². The number of para-hydroxylation sites is 1. The molecule has 0 saturated heterocycles. The third-order valence-electron chi connectivity index (χ3n) is 4.39. The number of nitrogens with one attached hydrogen (secondary N) is 2. The lowest BCUT2D eigenvalue weighted by Gasteiger charge is -2.14. The molecule has 3 rings (SSSR count). The van der Waals surface area contributed by atoms with E-state index in [1.807, 2.05) is 0 Å². The molecule has 29 heavy (non-hydrogen) atoms. The van der Waals surface area contributed by atoms with Crippen molar-refractivity contribution in [2.45, 2.75) is 13.3 Å². The summed E-state index contributed by atoms with van der Waals surface area (Å²) in [6, 6.07) is 12.7. The van der Waals surface area contributed by atoms with Gasteiger partial charge in [0.05, 0.1) is 29.0 Å². The second-order valence-corrected chi connectivity index (χ2v) is 6.31. The molecule has 0 unspecified atom stereocenters. The molecule has 0 fully saturated rings. The molecule has 8 heteroatoms. The van der Waals surface area contributed by atoms with E-state index in [4.69, 9.17) is 4.74 Å². The van der Waals surface area contributed by atoms with Gasteiger partial charge >= 0.3 is 12.0 Å². The van der Waals surface area contributed by atoms with Crippen molar-refractivity contribution in [2.75, 3.05) is 25.0 Å². The predicted octanol–water partition coefficient (Wildman–Crippen LogP) is 2.67. The number of carbonyl (C=O) groups excluding carboxylic acids is 4. The highest BCUT2D eigenvalue weighted by Crippen LogP contribution is 2.22. The van der Waals surface area contributed by atoms with E-state index in [0.29, 0.717) is 23.2 Å². The van der Waals surface area contributed by atoms with Crippen molar-refractivity contribution < 1.29 is 23.9 Å². The molecule has 8 nitrogen and oxygen atoms in total. The predicted molar refractivity (Wildman–Crippen MR) is 106 cm³/mol. The maximum atomic E-state index is 12.3. The average Bonchev–Trinajstić information content (AvgIpc) is 2.96. The zero-order chi connectivity index (χ0) is 20.8. The summed E-state index contributed by atoms with van der Waals surface area (Å²) in [7, 11) is 0. The number of carbonyl (C=O) groups is 4. The van der Waals surface area contributed by atoms with E-state index in [0.717, 1.165) is 0 Å². The Labute approximate surface area is 167 Å². The number of amides is 4. The van der Waals surface area contributed by atoms with Gasteiger partial charge in [0, 0.05) is 13.1 Å². The fourth-order valence-electron chi connectivity index (χ4n) is 3.03. The summed E-state index contributed by atoms with van der Waals surface area (Å²) in [5, 5.41) is 5.26. The molecule has 2 N–H and O–H groups in total. The first-order valence-electron chi connectivity index (χ1n) is 9.29. The smallest absolute Gasteiger partial charge is 0.340 e. The minimum absolute atomic E-state index is 0.200. The summed E-state index contributed by atoms with van der Waals surface area (Å²) in [5.41, 5.74) is 1.40. The van der Waals surface area contributed by atoms with Crippen LogP contribution in [0, 0.1) is 0 Å². The van der Waals surface area contributed by atoms with Crippen LogP contribution in [0.2, 0.25) is 0 Å². The highest BCUT2D eigenvalue weighted by Gasteiger charge is 2.34. The number of rotatable bonds is 7. The van der Waals surface area contributed by atoms with Crippen LogP contribution in [-0.4, -0.2) is 48.4 Å². The number of ether oxygens (including phenoxy) is 1. The maximum Gasteiger partial charge on any atom is 0.340 e. The Morgan fingerprint density at radius 3 is 2.24 bits per heavy atom. The van der Waals surface area contributed by atoms with E-state index in [1.54, 1.807) is 55.5 Å². The van der Waals surface area contributed by atoms with Crippen LogP contribution < -0.4 is 10.6 Å². The molecule has 1 aliphatic heterocycles. The SMILES string of the molecule is CCOC(=O)c1ccccc1NC(=O)NCCCN1C(=O)c2ccccc2C1=O. The van der Waals surface area contributed by atoms with Crippen LogP contribution in [-0.2, 0) is 4.74 Å². The molecule has 4 amide bonds. The van der Waals surface area contributed by atoms with E-state index in [-0.39, 0.29) is 37.1 Å². The third-order valence-corrected chi connectivity index (χ3v) is 4.39. The third kappa shape index (κ3) is 4.43. The van der Waals surface area contributed by atoms with Gasteiger partial charge in [-0.1, -0.05) is 24.3 Å². The fourth-order valence-corrected chi connectivity index (χ4v) is 3.03. The Balaban J connectivity index is 1.49. The Bertz CT molecular complexity index is 922. The van der Waals surface area contributed by atoms with Gasteiger partial charge in [0.15, 0.2) is 0 Å². The topological polar surface area (TPSA) is 105 Å². The van der Waals surface area contributed by atoms with Crippen LogP contribution in [0.1, 0.15) is 44.4 Å². The van der Waals surface area contributed by atoms with E-state index in [1.165, 1.54) is 4.90 Å². The Hall–Kier alpha value is -3.68. The molecule has 0 aromatic heterocycles. The lowest BCUT2D eigenvalue weighted by atomic mass is 10.1. The lowest BCUT2D eigenvalue weighted by molar-refractivity contribution is 0.0526. The number of anilines is 1. The van der Waals surface area contributed by atoms with Gasteiger partial charge in [-0.3, -0.25) is 14.5 Å². The van der Waals surface area contributed by atoms with Crippen molar-refractivity contribution in [3.05, 3.63) is 65.2 Å². The summed E-state index contributed by atoms with van der Waals surface area (Å²) in [4.78, 5) is 49.8. The van der Waals surface area contributed by atoms with Gasteiger partial charge in [-0.05, 0) is 37.6 Å². The fraction of sp³-hybridized carbons (Fsp3) is 0.238. The van der Waals surface area contributed by atoms with Gasteiger partial charge < -0.3 is 15.4 Å². The van der Waals surface area contributed by atoms with Crippen LogP contribution in [0.4, 0.5) is 10.5 Å². The molecule has 150 valence electrons. The number of nitrogens with zero attached hydrogens (tertiary/aromatic N) is 1. The molecular weight excluding hydrogens is 374 g/mol. The van der Waals surface area contributed by atoms with Gasteiger partial charge in [0.1, 0.15) is 0 Å². The molecule has 2 aromatic carbocycles. The zero-order valence-electron chi connectivity index (χ0n) is 15.9. The second-order valence-electron chi connectivity index (χ2n) is 6.31. The van der Waals surface area contributed by atoms with Crippen molar-refractivity contribution in [3.63, 3.8) is 0 Å². The summed E-state index contributed by atoms with van der Waals surface area (Å²) < 4.78 is 4.97. The van der Waals surface area contributed by atoms with Gasteiger partial charge in [-0.2, -0.15) is 0 Å². The van der Waals surface area contributed by atoms with Crippen LogP contribution >= 0.6 is 0 Å². The van der Waals surface area contributed by atoms with Crippen LogP contribution in [0.5, 0.6) is 0 Å². The highest BCUT2D eigenvalue weighted by atomic mass is 16.5. The minimum atomic E-state index is -0.519. The highest BCUT2D eigenvalue weighted by molar-refractivity contribution is 6.21. The van der Waals surface area contributed by atoms with Crippen LogP contribution in [0.15, 0.2) is 48.5 Å². The second kappa shape index (κ2) is 9.01. The van der Waals surface area contributed by atoms with Gasteiger partial charge in [-0.25, -0.2) is 9.59 Å². The molecule has 0 radical (unpaired) electrons. The quantitative estimate of drug-likeness (QED) is 0.426. The number of fused-ring (bicyclic) bond motifs is 1. The number of hydrogen-bond donors (Lipinski definition) is 2. The Morgan fingerprint density at radius 1 is 0.966 bits per heavy atom. The van der Waals surface area contributed by atoms with Crippen molar-refractivity contribution in [2.24, 2.45) is 0 Å². The molecule has 2 aromatic rings. The maximum absolute atomic E-state index is 12.3. The summed E-state index contributed by atoms with van der Waals surface area (Å²) in [5.74, 6) is -1.16. The lowest BCUT2D eigenvalue weighted by Crippen LogP contribution is -2.35. The van der Waals surface area contributed by atoms with Crippen molar-refractivity contribution in [1.82, 2.24) is 10.2 Å². The number of urea groups is 1. The summed E-state index contributed by atoms with van der Waals surface area (Å²) >= 11 is 0. The van der Waals surface area contributed by atoms with Gasteiger partial charge in [0.2, 0.25) is 0 Å². The molecule has 0 bridgehead atoms. The van der Waals surface area contributed by atoms with E-state index in [9.17, 15) is 19.2 Å². The number of hydrogen-bond acceptors (Lipinski definition) is 5. The first kappa shape index (κ1) is 20.1. The van der Waals surface area contributed by atoms with E-state index in [2.05, 4.69) is 10.6 Å². The zero-order valence-corrected chi connectivity index (χ0v) is 15.9. The first-order valence-corrected chi connectivity index (χ1v) is 9.29. The standard InChI is InChI=1S/C21H21N3O5/c1-2-29-20(27)16-10-5-6-11-17(16)23-21(28)22-12-7-13-24-18(25)14-8-3-4-9-15(14)19(24)26/h3-6,8-11H,2,7,12-13H2,1H3,(H2,22,23,28). The van der Waals surface area contributed by atoms with Gasteiger partial charge in [0.25, 0.3) is 11.8 Å². The van der Waals surface area contributed by atoms with E-state index < -0.39 is 12.0 Å². The average molecular weight is 395 g/mol. The normalized spacial score (nSPS) is 12.5. The van der Waals surface area contributed by atoms with Crippen molar-refractivity contribution >= 4 is 29.5 Å². The molecule has 1 heterocycles. The van der Waals surface area contributed by atoms with Crippen molar-refractivity contribution in [1.29, 1.82) is 0 Å². The summed E-state index contributed by atoms with van der Waals surface area (Å²) in [6.07, 6.45) is 0.401. The molecular formula is C21H21N3O5. The molecule has 0 spiro atoms. The van der Waals surface area contributed by atoms with Crippen LogP contribution in [0.3, 0.4) is 0 Å². The minimum Gasteiger partial charge on any atom is -0.462 e. The molecule has 0 atom stereocenters. The number of benzene rings is 2. The number of esters is 1. The monoisotopic (exact) mass is 395 g/mol. The molecule has 0 saturated carbocycles. The van der Waals surface area contributed by atoms with E-state index >= 15 is 0 Å². The summed E-state index contributed by atoms with van der Waals surface area (Å²) in [6.45, 7) is 2.39. The molecule has 1 aliphatic rings. The Morgan fingerprint density at radius 2 is 1.59 bits per heavy atom. The largest absolute Gasteiger partial charge is 0.462 e. The first-order chi connectivity index (χ1) is 14.0. The van der Waals surface area contributed by atoms with Gasteiger partial charge in [-0.15, -0.1) is 0 Å². The van der Waals surface area contributed by atoms with Crippen molar-refractivity contribution in [3.8, 4) is 0 Å². The molecule has 0 aliphatic carbocycles. The number of imide groups is 1. The Kier molecular flexibility index (Phi) is 6.23.